The minimum absolute atomic E-state index is 0.146. The Labute approximate surface area is 101 Å². The number of nitrogens with one attached hydrogen (secondary N) is 1. The number of carbonyl (C=O) groups excluding carboxylic acids is 1. The van der Waals surface area contributed by atoms with Gasteiger partial charge in [-0.05, 0) is 12.8 Å². The molecule has 1 aromatic heterocycles. The summed E-state index contributed by atoms with van der Waals surface area (Å²) in [6.07, 6.45) is 5.62. The molecule has 0 radical (unpaired) electrons. The number of nitrogens with zero attached hydrogens (tertiary/aromatic N) is 3. The first kappa shape index (κ1) is 11.8. The van der Waals surface area contributed by atoms with Crippen LogP contribution in [0.4, 0.5) is 5.82 Å². The summed E-state index contributed by atoms with van der Waals surface area (Å²) < 4.78 is 0. The van der Waals surface area contributed by atoms with Crippen molar-refractivity contribution in [3.05, 3.63) is 18.1 Å². The maximum Gasteiger partial charge on any atom is 0.219 e. The molecule has 5 heteroatoms. The van der Waals surface area contributed by atoms with E-state index in [2.05, 4.69) is 15.3 Å². The van der Waals surface area contributed by atoms with Crippen LogP contribution < -0.4 is 5.32 Å². The van der Waals surface area contributed by atoms with Gasteiger partial charge in [-0.1, -0.05) is 0 Å². The van der Waals surface area contributed by atoms with E-state index in [1.807, 2.05) is 11.9 Å². The van der Waals surface area contributed by atoms with E-state index in [9.17, 15) is 4.79 Å². The van der Waals surface area contributed by atoms with Crippen molar-refractivity contribution < 1.29 is 4.79 Å². The molecule has 0 spiro atoms. The van der Waals surface area contributed by atoms with Gasteiger partial charge >= 0.3 is 0 Å². The van der Waals surface area contributed by atoms with Gasteiger partial charge in [-0.25, -0.2) is 4.98 Å². The molecule has 0 unspecified atom stereocenters. The summed E-state index contributed by atoms with van der Waals surface area (Å²) in [5, 5.41) is 2.99. The Hall–Kier alpha value is -1.65. The minimum atomic E-state index is 0.146. The Balaban J connectivity index is 2.13. The largest absolute Gasteiger partial charge is 0.372 e. The number of hydrogen-bond donors (Lipinski definition) is 1. The molecule has 5 nitrogen and oxygen atoms in total. The third kappa shape index (κ3) is 2.72. The highest BCUT2D eigenvalue weighted by Crippen LogP contribution is 2.25. The monoisotopic (exact) mass is 234 g/mol. The summed E-state index contributed by atoms with van der Waals surface area (Å²) >= 11 is 0. The number of likely N-dealkylation sites (tertiary alicyclic amines) is 1. The van der Waals surface area contributed by atoms with Crippen LogP contribution in [0.3, 0.4) is 0 Å². The SMILES string of the molecule is CNc1cncc([C@@H]2CCCN(C(C)=O)C2)n1. The second-order valence-electron chi connectivity index (χ2n) is 4.38. The van der Waals surface area contributed by atoms with E-state index in [1.165, 1.54) is 0 Å². The quantitative estimate of drug-likeness (QED) is 0.836. The number of hydrogen-bond acceptors (Lipinski definition) is 4. The van der Waals surface area contributed by atoms with Crippen molar-refractivity contribution in [2.24, 2.45) is 0 Å². The molecule has 92 valence electrons. The molecule has 1 aliphatic rings. The van der Waals surface area contributed by atoms with Crippen LogP contribution in [0.1, 0.15) is 31.4 Å². The van der Waals surface area contributed by atoms with Gasteiger partial charge in [-0.3, -0.25) is 9.78 Å². The normalized spacial score (nSPS) is 20.1. The highest BCUT2D eigenvalue weighted by atomic mass is 16.2. The van der Waals surface area contributed by atoms with Crippen LogP contribution in [-0.4, -0.2) is 40.9 Å². The van der Waals surface area contributed by atoms with Gasteiger partial charge in [0.05, 0.1) is 11.9 Å². The van der Waals surface area contributed by atoms with Crippen LogP contribution in [0, 0.1) is 0 Å². The molecule has 0 saturated carbocycles. The summed E-state index contributed by atoms with van der Waals surface area (Å²) in [4.78, 5) is 21.9. The summed E-state index contributed by atoms with van der Waals surface area (Å²) in [6, 6.07) is 0. The van der Waals surface area contributed by atoms with Crippen LogP contribution in [-0.2, 0) is 4.79 Å². The van der Waals surface area contributed by atoms with Gasteiger partial charge in [0.25, 0.3) is 0 Å². The van der Waals surface area contributed by atoms with Crippen molar-refractivity contribution in [3.63, 3.8) is 0 Å². The lowest BCUT2D eigenvalue weighted by molar-refractivity contribution is -0.130. The Bertz CT molecular complexity index is 407. The molecule has 17 heavy (non-hydrogen) atoms. The van der Waals surface area contributed by atoms with Crippen LogP contribution >= 0.6 is 0 Å². The van der Waals surface area contributed by atoms with Crippen LogP contribution in [0.25, 0.3) is 0 Å². The molecule has 2 heterocycles. The fourth-order valence-electron chi connectivity index (χ4n) is 2.20. The van der Waals surface area contributed by atoms with E-state index >= 15 is 0 Å². The summed E-state index contributed by atoms with van der Waals surface area (Å²) in [5.41, 5.74) is 0.975. The summed E-state index contributed by atoms with van der Waals surface area (Å²) in [6.45, 7) is 3.25. The van der Waals surface area contributed by atoms with E-state index in [0.717, 1.165) is 37.4 Å². The molecular formula is C12H18N4O. The van der Waals surface area contributed by atoms with Crippen LogP contribution in [0.2, 0.25) is 0 Å². The Kier molecular flexibility index (Phi) is 3.56. The molecule has 0 bridgehead atoms. The number of anilines is 1. The predicted octanol–water partition coefficient (Wildman–Crippen LogP) is 1.24. The van der Waals surface area contributed by atoms with Gasteiger partial charge in [0.15, 0.2) is 0 Å². The van der Waals surface area contributed by atoms with Gasteiger partial charge in [0, 0.05) is 39.2 Å². The third-order valence-corrected chi connectivity index (χ3v) is 3.19. The van der Waals surface area contributed by atoms with E-state index in [1.54, 1.807) is 19.3 Å². The van der Waals surface area contributed by atoms with Crippen molar-refractivity contribution in [2.75, 3.05) is 25.5 Å². The average molecular weight is 234 g/mol. The average Bonchev–Trinajstić information content (AvgIpc) is 2.39. The number of carbonyl (C=O) groups is 1. The first-order valence-electron chi connectivity index (χ1n) is 5.96. The van der Waals surface area contributed by atoms with E-state index in [-0.39, 0.29) is 5.91 Å². The van der Waals surface area contributed by atoms with Crippen molar-refractivity contribution >= 4 is 11.7 Å². The fraction of sp³-hybridized carbons (Fsp3) is 0.583. The lowest BCUT2D eigenvalue weighted by Crippen LogP contribution is -2.37. The van der Waals surface area contributed by atoms with Crippen molar-refractivity contribution in [1.29, 1.82) is 0 Å². The van der Waals surface area contributed by atoms with Gasteiger partial charge in [0.1, 0.15) is 5.82 Å². The van der Waals surface area contributed by atoms with E-state index < -0.39 is 0 Å². The highest BCUT2D eigenvalue weighted by molar-refractivity contribution is 5.73. The topological polar surface area (TPSA) is 58.1 Å². The second kappa shape index (κ2) is 5.12. The number of piperidine rings is 1. The van der Waals surface area contributed by atoms with Crippen molar-refractivity contribution in [1.82, 2.24) is 14.9 Å². The lowest BCUT2D eigenvalue weighted by Gasteiger charge is -2.31. The molecule has 0 aromatic carbocycles. The van der Waals surface area contributed by atoms with Gasteiger partial charge < -0.3 is 10.2 Å². The number of amides is 1. The Morgan fingerprint density at radius 2 is 2.35 bits per heavy atom. The zero-order valence-electron chi connectivity index (χ0n) is 10.3. The fourth-order valence-corrected chi connectivity index (χ4v) is 2.20. The molecule has 1 saturated heterocycles. The summed E-state index contributed by atoms with van der Waals surface area (Å²) in [7, 11) is 1.83. The zero-order chi connectivity index (χ0) is 12.3. The van der Waals surface area contributed by atoms with E-state index in [4.69, 9.17) is 0 Å². The molecular weight excluding hydrogens is 216 g/mol. The minimum Gasteiger partial charge on any atom is -0.372 e. The molecule has 1 atom stereocenters. The standard InChI is InChI=1S/C12H18N4O/c1-9(17)16-5-3-4-10(8-16)11-6-14-7-12(13-2)15-11/h6-7,10H,3-5,8H2,1-2H3,(H,13,15)/t10-/m1/s1. The van der Waals surface area contributed by atoms with Crippen LogP contribution in [0.5, 0.6) is 0 Å². The Morgan fingerprint density at radius 3 is 3.06 bits per heavy atom. The van der Waals surface area contributed by atoms with Crippen LogP contribution in [0.15, 0.2) is 12.4 Å². The van der Waals surface area contributed by atoms with Crippen molar-refractivity contribution in [3.8, 4) is 0 Å². The summed E-state index contributed by atoms with van der Waals surface area (Å²) in [5.74, 6) is 1.24. The van der Waals surface area contributed by atoms with Crippen molar-refractivity contribution in [2.45, 2.75) is 25.7 Å². The molecule has 2 rings (SSSR count). The maximum atomic E-state index is 11.4. The highest BCUT2D eigenvalue weighted by Gasteiger charge is 2.24. The molecule has 0 aliphatic carbocycles. The zero-order valence-corrected chi connectivity index (χ0v) is 10.3. The van der Waals surface area contributed by atoms with Gasteiger partial charge in [-0.15, -0.1) is 0 Å². The number of aromatic nitrogens is 2. The first-order valence-corrected chi connectivity index (χ1v) is 5.96. The molecule has 1 amide bonds. The second-order valence-corrected chi connectivity index (χ2v) is 4.38. The molecule has 1 aromatic rings. The van der Waals surface area contributed by atoms with E-state index in [0.29, 0.717) is 5.92 Å². The molecule has 1 fully saturated rings. The first-order chi connectivity index (χ1) is 8.20. The molecule has 1 N–H and O–H groups in total. The maximum absolute atomic E-state index is 11.4. The third-order valence-electron chi connectivity index (χ3n) is 3.19. The smallest absolute Gasteiger partial charge is 0.219 e. The predicted molar refractivity (Wildman–Crippen MR) is 65.8 cm³/mol. The van der Waals surface area contributed by atoms with Gasteiger partial charge in [0.2, 0.25) is 5.91 Å². The van der Waals surface area contributed by atoms with Gasteiger partial charge in [-0.2, -0.15) is 0 Å². The number of rotatable bonds is 2. The lowest BCUT2D eigenvalue weighted by atomic mass is 9.95. The Morgan fingerprint density at radius 1 is 1.53 bits per heavy atom. The molecule has 1 aliphatic heterocycles.